The summed E-state index contributed by atoms with van der Waals surface area (Å²) in [7, 11) is -4.80. The average molecular weight is 431 g/mol. The zero-order valence-electron chi connectivity index (χ0n) is 11.6. The normalized spacial score (nSPS) is 11.6. The van der Waals surface area contributed by atoms with E-state index in [1.165, 1.54) is 12.1 Å². The summed E-state index contributed by atoms with van der Waals surface area (Å²) < 4.78 is 94.5. The summed E-state index contributed by atoms with van der Waals surface area (Å²) in [6.45, 7) is 0. The molecule has 0 fully saturated rings. The maximum Gasteiger partial charge on any atom is 0.339 e. The monoisotopic (exact) mass is 430 g/mol. The molecule has 0 saturated carbocycles. The van der Waals surface area contributed by atoms with Gasteiger partial charge in [0.1, 0.15) is 4.90 Å². The van der Waals surface area contributed by atoms with Gasteiger partial charge in [0.25, 0.3) is 0 Å². The molecule has 24 heavy (non-hydrogen) atoms. The van der Waals surface area contributed by atoms with Gasteiger partial charge in [0.05, 0.1) is 0 Å². The van der Waals surface area contributed by atoms with E-state index in [9.17, 15) is 30.4 Å². The van der Waals surface area contributed by atoms with Crippen LogP contribution in [0.3, 0.4) is 0 Å². The van der Waals surface area contributed by atoms with E-state index in [2.05, 4.69) is 20.1 Å². The van der Waals surface area contributed by atoms with Crippen LogP contribution in [0.25, 0.3) is 0 Å². The Bertz CT molecular complexity index is 857. The molecular formula is C14H8BrF5O3S. The van der Waals surface area contributed by atoms with Gasteiger partial charge in [0, 0.05) is 5.33 Å². The number of hydrogen-bond acceptors (Lipinski definition) is 3. The molecule has 0 saturated heterocycles. The molecule has 0 aliphatic heterocycles. The minimum absolute atomic E-state index is 0.450. The predicted octanol–water partition coefficient (Wildman–Crippen LogP) is 4.09. The van der Waals surface area contributed by atoms with E-state index in [0.29, 0.717) is 17.3 Å². The quantitative estimate of drug-likeness (QED) is 0.236. The van der Waals surface area contributed by atoms with E-state index < -0.39 is 49.8 Å². The zero-order chi connectivity index (χ0) is 18.1. The molecule has 0 N–H and O–H groups in total. The van der Waals surface area contributed by atoms with Crippen molar-refractivity contribution in [3.63, 3.8) is 0 Å². The van der Waals surface area contributed by atoms with Crippen molar-refractivity contribution in [2.24, 2.45) is 0 Å². The van der Waals surface area contributed by atoms with E-state index in [0.717, 1.165) is 6.07 Å². The fourth-order valence-corrected chi connectivity index (χ4v) is 3.24. The van der Waals surface area contributed by atoms with Crippen LogP contribution in [0, 0.1) is 29.1 Å². The second-order valence-corrected chi connectivity index (χ2v) is 6.86. The van der Waals surface area contributed by atoms with Crippen LogP contribution in [-0.4, -0.2) is 13.7 Å². The number of aryl methyl sites for hydroxylation is 1. The Morgan fingerprint density at radius 1 is 0.917 bits per heavy atom. The van der Waals surface area contributed by atoms with Gasteiger partial charge < -0.3 is 4.18 Å². The highest BCUT2D eigenvalue weighted by Gasteiger charge is 2.30. The second kappa shape index (κ2) is 7.06. The number of benzene rings is 2. The van der Waals surface area contributed by atoms with Crippen molar-refractivity contribution in [1.82, 2.24) is 0 Å². The molecule has 130 valence electrons. The van der Waals surface area contributed by atoms with Gasteiger partial charge in [-0.05, 0) is 24.1 Å². The largest absolute Gasteiger partial charge is 0.372 e. The molecule has 0 spiro atoms. The molecule has 0 amide bonds. The van der Waals surface area contributed by atoms with Crippen LogP contribution in [0.5, 0.6) is 5.75 Å². The highest BCUT2D eigenvalue weighted by Crippen LogP contribution is 2.31. The first-order valence-electron chi connectivity index (χ1n) is 6.30. The summed E-state index contributed by atoms with van der Waals surface area (Å²) in [4.78, 5) is -0.482. The van der Waals surface area contributed by atoms with Crippen molar-refractivity contribution in [3.8, 4) is 5.75 Å². The Labute approximate surface area is 142 Å². The maximum atomic E-state index is 13.5. The number of alkyl halides is 1. The minimum atomic E-state index is -4.80. The molecule has 2 aromatic carbocycles. The molecule has 0 aliphatic carbocycles. The molecule has 0 bridgehead atoms. The van der Waals surface area contributed by atoms with Crippen LogP contribution in [0.1, 0.15) is 5.56 Å². The zero-order valence-corrected chi connectivity index (χ0v) is 14.0. The molecule has 3 nitrogen and oxygen atoms in total. The lowest BCUT2D eigenvalue weighted by atomic mass is 10.2. The van der Waals surface area contributed by atoms with Crippen LogP contribution in [0.4, 0.5) is 22.0 Å². The van der Waals surface area contributed by atoms with Gasteiger partial charge in [-0.3, -0.25) is 0 Å². The lowest BCUT2D eigenvalue weighted by molar-refractivity contribution is 0.346. The molecule has 0 aliphatic rings. The molecule has 2 aromatic rings. The van der Waals surface area contributed by atoms with Crippen molar-refractivity contribution >= 4 is 26.0 Å². The average Bonchev–Trinajstić information content (AvgIpc) is 2.56. The van der Waals surface area contributed by atoms with Crippen molar-refractivity contribution in [2.45, 2.75) is 11.3 Å². The first-order valence-corrected chi connectivity index (χ1v) is 8.83. The molecule has 2 rings (SSSR count). The Kier molecular flexibility index (Phi) is 5.49. The summed E-state index contributed by atoms with van der Waals surface area (Å²) in [6.07, 6.45) is 0.450. The van der Waals surface area contributed by atoms with Crippen molar-refractivity contribution in [3.05, 3.63) is 58.9 Å². The SMILES string of the molecule is O=S(=O)(Oc1c(F)c(F)c(F)c(F)c1F)c1cccc(CCBr)c1. The standard InChI is InChI=1S/C14H8BrF5O3S/c15-5-4-7-2-1-3-8(6-7)24(21,22)23-14-12(19)10(17)9(16)11(18)13(14)20/h1-3,6H,4-5H2. The molecule has 0 aromatic heterocycles. The molecule has 0 atom stereocenters. The maximum absolute atomic E-state index is 13.5. The van der Waals surface area contributed by atoms with E-state index in [1.807, 2.05) is 0 Å². The Balaban J connectivity index is 2.49. The van der Waals surface area contributed by atoms with Gasteiger partial charge in [0.2, 0.25) is 34.8 Å². The minimum Gasteiger partial charge on any atom is -0.372 e. The lowest BCUT2D eigenvalue weighted by Gasteiger charge is -2.11. The van der Waals surface area contributed by atoms with Crippen LogP contribution >= 0.6 is 15.9 Å². The van der Waals surface area contributed by atoms with E-state index in [-0.39, 0.29) is 0 Å². The smallest absolute Gasteiger partial charge is 0.339 e. The van der Waals surface area contributed by atoms with E-state index in [4.69, 9.17) is 0 Å². The van der Waals surface area contributed by atoms with Gasteiger partial charge in [-0.25, -0.2) is 13.2 Å². The Morgan fingerprint density at radius 3 is 2.00 bits per heavy atom. The number of halogens is 6. The fraction of sp³-hybridized carbons (Fsp3) is 0.143. The summed E-state index contributed by atoms with van der Waals surface area (Å²) in [5.74, 6) is -13.6. The molecule has 0 radical (unpaired) electrons. The highest BCUT2D eigenvalue weighted by atomic mass is 79.9. The topological polar surface area (TPSA) is 43.4 Å². The third-order valence-corrected chi connectivity index (χ3v) is 4.55. The highest BCUT2D eigenvalue weighted by molar-refractivity contribution is 9.09. The second-order valence-electron chi connectivity index (χ2n) is 4.52. The number of hydrogen-bond donors (Lipinski definition) is 0. The number of rotatable bonds is 5. The molecular weight excluding hydrogens is 423 g/mol. The third kappa shape index (κ3) is 3.54. The molecule has 10 heteroatoms. The van der Waals surface area contributed by atoms with Crippen molar-refractivity contribution in [2.75, 3.05) is 5.33 Å². The Hall–Kier alpha value is -1.68. The van der Waals surface area contributed by atoms with Crippen molar-refractivity contribution in [1.29, 1.82) is 0 Å². The van der Waals surface area contributed by atoms with Gasteiger partial charge in [-0.2, -0.15) is 17.2 Å². The van der Waals surface area contributed by atoms with Gasteiger partial charge in [-0.15, -0.1) is 0 Å². The first-order chi connectivity index (χ1) is 11.2. The third-order valence-electron chi connectivity index (χ3n) is 2.93. The molecule has 0 heterocycles. The predicted molar refractivity (Wildman–Crippen MR) is 78.0 cm³/mol. The van der Waals surface area contributed by atoms with Gasteiger partial charge in [0.15, 0.2) is 0 Å². The van der Waals surface area contributed by atoms with E-state index in [1.54, 1.807) is 6.07 Å². The van der Waals surface area contributed by atoms with Crippen molar-refractivity contribution < 1.29 is 34.6 Å². The fourth-order valence-electron chi connectivity index (χ4n) is 1.78. The van der Waals surface area contributed by atoms with E-state index >= 15 is 0 Å². The van der Waals surface area contributed by atoms with Crippen LogP contribution in [0.2, 0.25) is 0 Å². The van der Waals surface area contributed by atoms with Gasteiger partial charge >= 0.3 is 10.1 Å². The first kappa shape index (κ1) is 18.7. The Morgan fingerprint density at radius 2 is 1.46 bits per heavy atom. The van der Waals surface area contributed by atoms with Crippen LogP contribution in [-0.2, 0) is 16.5 Å². The summed E-state index contributed by atoms with van der Waals surface area (Å²) >= 11 is 3.16. The summed E-state index contributed by atoms with van der Waals surface area (Å²) in [5.41, 5.74) is 0.564. The van der Waals surface area contributed by atoms with Gasteiger partial charge in [-0.1, -0.05) is 28.1 Å². The molecule has 0 unspecified atom stereocenters. The summed E-state index contributed by atoms with van der Waals surface area (Å²) in [6, 6.07) is 5.19. The van der Waals surface area contributed by atoms with Crippen LogP contribution in [0.15, 0.2) is 29.2 Å². The summed E-state index contributed by atoms with van der Waals surface area (Å²) in [5, 5.41) is 0.523. The lowest BCUT2D eigenvalue weighted by Crippen LogP contribution is -2.14. The van der Waals surface area contributed by atoms with Crippen LogP contribution < -0.4 is 4.18 Å².